The van der Waals surface area contributed by atoms with Crippen LogP contribution in [0.1, 0.15) is 12.8 Å². The maximum Gasteiger partial charge on any atom is 0.232 e. The van der Waals surface area contributed by atoms with Crippen molar-refractivity contribution in [3.8, 4) is 0 Å². The zero-order valence-corrected chi connectivity index (χ0v) is 10.4. The third-order valence-corrected chi connectivity index (χ3v) is 3.05. The largest absolute Gasteiger partial charge is 0.342 e. The molecule has 0 aromatic carbocycles. The lowest BCUT2D eigenvalue weighted by molar-refractivity contribution is -0.129. The highest BCUT2D eigenvalue weighted by Gasteiger charge is 2.20. The molecule has 0 aromatic rings. The van der Waals surface area contributed by atoms with Gasteiger partial charge in [0.2, 0.25) is 5.91 Å². The monoisotopic (exact) mass is 238 g/mol. The number of halogens is 1. The van der Waals surface area contributed by atoms with Gasteiger partial charge in [-0.1, -0.05) is 0 Å². The van der Waals surface area contributed by atoms with Crippen molar-refractivity contribution in [2.45, 2.75) is 18.9 Å². The molecule has 1 aliphatic rings. The van der Waals surface area contributed by atoms with Crippen LogP contribution in [0.3, 0.4) is 0 Å². The lowest BCUT2D eigenvalue weighted by Crippen LogP contribution is -2.44. The highest BCUT2D eigenvalue weighted by atomic mass is 35.5. The first-order chi connectivity index (χ1) is 6.25. The Balaban J connectivity index is 0.00000169. The highest BCUT2D eigenvalue weighted by molar-refractivity contribution is 7.99. The van der Waals surface area contributed by atoms with Crippen LogP contribution in [0.5, 0.6) is 0 Å². The Morgan fingerprint density at radius 1 is 1.50 bits per heavy atom. The molecule has 0 saturated carbocycles. The molecule has 1 rings (SSSR count). The minimum atomic E-state index is 0. The van der Waals surface area contributed by atoms with Gasteiger partial charge in [-0.15, -0.1) is 12.4 Å². The lowest BCUT2D eigenvalue weighted by Gasteiger charge is -2.31. The summed E-state index contributed by atoms with van der Waals surface area (Å²) in [5.41, 5.74) is 0. The number of hydrogen-bond acceptors (Lipinski definition) is 3. The van der Waals surface area contributed by atoms with Crippen molar-refractivity contribution in [1.82, 2.24) is 10.2 Å². The quantitative estimate of drug-likeness (QED) is 0.796. The van der Waals surface area contributed by atoms with Gasteiger partial charge < -0.3 is 10.2 Å². The molecule has 1 heterocycles. The number of hydrogen-bond donors (Lipinski definition) is 1. The predicted molar refractivity (Wildman–Crippen MR) is 64.3 cm³/mol. The molecular weight excluding hydrogens is 220 g/mol. The number of carbonyl (C=O) groups excluding carboxylic acids is 1. The van der Waals surface area contributed by atoms with Crippen LogP contribution in [-0.2, 0) is 4.79 Å². The van der Waals surface area contributed by atoms with E-state index in [0.29, 0.717) is 11.8 Å². The van der Waals surface area contributed by atoms with Crippen molar-refractivity contribution in [3.05, 3.63) is 0 Å². The molecule has 0 atom stereocenters. The molecule has 84 valence electrons. The van der Waals surface area contributed by atoms with Crippen LogP contribution < -0.4 is 5.32 Å². The van der Waals surface area contributed by atoms with E-state index in [4.69, 9.17) is 0 Å². The van der Waals surface area contributed by atoms with Gasteiger partial charge in [0.1, 0.15) is 0 Å². The number of rotatable bonds is 3. The van der Waals surface area contributed by atoms with Gasteiger partial charge in [-0.3, -0.25) is 4.79 Å². The number of nitrogens with one attached hydrogen (secondary N) is 1. The maximum atomic E-state index is 11.5. The molecule has 1 amide bonds. The first kappa shape index (κ1) is 14.1. The summed E-state index contributed by atoms with van der Waals surface area (Å²) in [6, 6.07) is 0.459. The number of nitrogens with zero attached hydrogens (tertiary/aromatic N) is 1. The summed E-state index contributed by atoms with van der Waals surface area (Å²) in [7, 11) is 1.93. The van der Waals surface area contributed by atoms with Gasteiger partial charge in [0.15, 0.2) is 0 Å². The first-order valence-corrected chi connectivity index (χ1v) is 6.10. The Hall–Kier alpha value is 0.0700. The van der Waals surface area contributed by atoms with E-state index in [-0.39, 0.29) is 18.3 Å². The molecule has 5 heteroatoms. The smallest absolute Gasteiger partial charge is 0.232 e. The zero-order valence-electron chi connectivity index (χ0n) is 8.78. The summed E-state index contributed by atoms with van der Waals surface area (Å²) >= 11 is 1.60. The number of carbonyl (C=O) groups is 1. The van der Waals surface area contributed by atoms with Crippen molar-refractivity contribution in [2.75, 3.05) is 32.1 Å². The van der Waals surface area contributed by atoms with E-state index >= 15 is 0 Å². The molecule has 0 spiro atoms. The SMILES string of the molecule is CSCC(=O)N(C)C1CCNCC1.Cl. The average Bonchev–Trinajstić information content (AvgIpc) is 2.18. The molecule has 0 radical (unpaired) electrons. The van der Waals surface area contributed by atoms with Crippen LogP contribution >= 0.6 is 24.2 Å². The van der Waals surface area contributed by atoms with Crippen LogP contribution in [0.15, 0.2) is 0 Å². The third kappa shape index (κ3) is 4.07. The molecule has 1 fully saturated rings. The number of amides is 1. The summed E-state index contributed by atoms with van der Waals surface area (Å²) in [4.78, 5) is 13.4. The van der Waals surface area contributed by atoms with Crippen LogP contribution in [0.2, 0.25) is 0 Å². The standard InChI is InChI=1S/C9H18N2OS.ClH/c1-11(9(12)7-13-2)8-3-5-10-6-4-8;/h8,10H,3-7H2,1-2H3;1H. The Labute approximate surface area is 96.4 Å². The lowest BCUT2D eigenvalue weighted by atomic mass is 10.1. The summed E-state index contributed by atoms with van der Waals surface area (Å²) < 4.78 is 0. The number of thioether (sulfide) groups is 1. The summed E-state index contributed by atoms with van der Waals surface area (Å²) in [6.07, 6.45) is 4.15. The van der Waals surface area contributed by atoms with E-state index in [1.807, 2.05) is 18.2 Å². The minimum Gasteiger partial charge on any atom is -0.342 e. The van der Waals surface area contributed by atoms with Crippen LogP contribution in [-0.4, -0.2) is 49.0 Å². The Kier molecular flexibility index (Phi) is 7.41. The maximum absolute atomic E-state index is 11.5. The molecular formula is C9H19ClN2OS. The Bertz CT molecular complexity index is 174. The average molecular weight is 239 g/mol. The summed E-state index contributed by atoms with van der Waals surface area (Å²) in [6.45, 7) is 2.09. The minimum absolute atomic E-state index is 0. The van der Waals surface area contributed by atoms with Gasteiger partial charge in [-0.2, -0.15) is 11.8 Å². The molecule has 14 heavy (non-hydrogen) atoms. The zero-order chi connectivity index (χ0) is 9.68. The molecule has 1 aliphatic heterocycles. The Morgan fingerprint density at radius 2 is 2.07 bits per heavy atom. The molecule has 3 nitrogen and oxygen atoms in total. The van der Waals surface area contributed by atoms with Crippen LogP contribution in [0.4, 0.5) is 0 Å². The predicted octanol–water partition coefficient (Wildman–Crippen LogP) is 0.982. The van der Waals surface area contributed by atoms with E-state index in [9.17, 15) is 4.79 Å². The van der Waals surface area contributed by atoms with E-state index in [1.54, 1.807) is 11.8 Å². The Morgan fingerprint density at radius 3 is 2.57 bits per heavy atom. The van der Waals surface area contributed by atoms with Crippen molar-refractivity contribution < 1.29 is 4.79 Å². The van der Waals surface area contributed by atoms with Crippen LogP contribution in [0.25, 0.3) is 0 Å². The second-order valence-corrected chi connectivity index (χ2v) is 4.28. The molecule has 0 bridgehead atoms. The normalized spacial score (nSPS) is 17.3. The number of piperidine rings is 1. The summed E-state index contributed by atoms with van der Waals surface area (Å²) in [5.74, 6) is 0.875. The molecule has 0 unspecified atom stereocenters. The van der Waals surface area contributed by atoms with E-state index in [1.165, 1.54) is 0 Å². The van der Waals surface area contributed by atoms with Crippen molar-refractivity contribution >= 4 is 30.1 Å². The summed E-state index contributed by atoms with van der Waals surface area (Å²) in [5, 5.41) is 3.30. The fraction of sp³-hybridized carbons (Fsp3) is 0.889. The highest BCUT2D eigenvalue weighted by Crippen LogP contribution is 2.10. The third-order valence-electron chi connectivity index (χ3n) is 2.52. The molecule has 1 N–H and O–H groups in total. The fourth-order valence-corrected chi connectivity index (χ4v) is 2.07. The van der Waals surface area contributed by atoms with Crippen molar-refractivity contribution in [2.24, 2.45) is 0 Å². The van der Waals surface area contributed by atoms with Gasteiger partial charge in [-0.25, -0.2) is 0 Å². The van der Waals surface area contributed by atoms with Gasteiger partial charge in [0.25, 0.3) is 0 Å². The van der Waals surface area contributed by atoms with Gasteiger partial charge in [0.05, 0.1) is 5.75 Å². The van der Waals surface area contributed by atoms with Gasteiger partial charge in [0, 0.05) is 13.1 Å². The first-order valence-electron chi connectivity index (χ1n) is 4.71. The van der Waals surface area contributed by atoms with Crippen LogP contribution in [0, 0.1) is 0 Å². The van der Waals surface area contributed by atoms with E-state index in [0.717, 1.165) is 25.9 Å². The van der Waals surface area contributed by atoms with Crippen molar-refractivity contribution in [1.29, 1.82) is 0 Å². The van der Waals surface area contributed by atoms with Gasteiger partial charge >= 0.3 is 0 Å². The second kappa shape index (κ2) is 7.37. The van der Waals surface area contributed by atoms with E-state index in [2.05, 4.69) is 5.32 Å². The van der Waals surface area contributed by atoms with Crippen molar-refractivity contribution in [3.63, 3.8) is 0 Å². The molecule has 1 saturated heterocycles. The topological polar surface area (TPSA) is 32.3 Å². The van der Waals surface area contributed by atoms with Gasteiger partial charge in [-0.05, 0) is 32.2 Å². The van der Waals surface area contributed by atoms with E-state index < -0.39 is 0 Å². The molecule has 0 aliphatic carbocycles. The molecule has 0 aromatic heterocycles. The second-order valence-electron chi connectivity index (χ2n) is 3.42. The fourth-order valence-electron chi connectivity index (χ4n) is 1.62.